The molecule has 2 rings (SSSR count). The number of benzene rings is 1. The molecule has 1 aromatic carbocycles. The minimum atomic E-state index is 0.324. The van der Waals surface area contributed by atoms with Gasteiger partial charge in [-0.25, -0.2) is 0 Å². The van der Waals surface area contributed by atoms with Crippen molar-refractivity contribution in [3.8, 4) is 0 Å². The van der Waals surface area contributed by atoms with E-state index in [9.17, 15) is 0 Å². The molecule has 1 aliphatic heterocycles. The summed E-state index contributed by atoms with van der Waals surface area (Å²) in [6, 6.07) is 6.09. The summed E-state index contributed by atoms with van der Waals surface area (Å²) in [5, 5.41) is 5.00. The van der Waals surface area contributed by atoms with Gasteiger partial charge in [-0.1, -0.05) is 36.2 Å². The number of hydrogen-bond donors (Lipinski definition) is 1. The zero-order valence-corrected chi connectivity index (χ0v) is 12.4. The fraction of sp³-hybridized carbons (Fsp3) is 0.571. The van der Waals surface area contributed by atoms with Crippen molar-refractivity contribution in [3.63, 3.8) is 0 Å². The Labute approximate surface area is 119 Å². The summed E-state index contributed by atoms with van der Waals surface area (Å²) in [4.78, 5) is 2.36. The minimum Gasteiger partial charge on any atom is -0.317 e. The van der Waals surface area contributed by atoms with Crippen molar-refractivity contribution < 1.29 is 0 Å². The van der Waals surface area contributed by atoms with Crippen molar-refractivity contribution in [1.82, 2.24) is 10.2 Å². The first-order valence-corrected chi connectivity index (χ1v) is 7.25. The zero-order valence-electron chi connectivity index (χ0n) is 10.9. The molecule has 0 spiro atoms. The Morgan fingerprint density at radius 3 is 2.61 bits per heavy atom. The highest BCUT2D eigenvalue weighted by Gasteiger charge is 2.34. The van der Waals surface area contributed by atoms with E-state index in [2.05, 4.69) is 24.2 Å². The Balaban J connectivity index is 2.28. The van der Waals surface area contributed by atoms with Gasteiger partial charge in [0.1, 0.15) is 0 Å². The molecule has 2 nitrogen and oxygen atoms in total. The van der Waals surface area contributed by atoms with Crippen LogP contribution in [-0.4, -0.2) is 31.6 Å². The van der Waals surface area contributed by atoms with Crippen molar-refractivity contribution in [2.45, 2.75) is 19.4 Å². The molecule has 1 fully saturated rings. The largest absolute Gasteiger partial charge is 0.317 e. The van der Waals surface area contributed by atoms with E-state index in [1.54, 1.807) is 0 Å². The van der Waals surface area contributed by atoms with Gasteiger partial charge in [-0.3, -0.25) is 4.90 Å². The van der Waals surface area contributed by atoms with Crippen molar-refractivity contribution in [1.29, 1.82) is 0 Å². The van der Waals surface area contributed by atoms with Crippen molar-refractivity contribution in [2.24, 2.45) is 5.92 Å². The lowest BCUT2D eigenvalue weighted by Gasteiger charge is -2.27. The molecule has 0 aliphatic carbocycles. The molecule has 100 valence electrons. The zero-order chi connectivity index (χ0) is 13.1. The summed E-state index contributed by atoms with van der Waals surface area (Å²) in [6.45, 7) is 5.26. The lowest BCUT2D eigenvalue weighted by Crippen LogP contribution is -2.28. The summed E-state index contributed by atoms with van der Waals surface area (Å²) in [7, 11) is 2.15. The maximum absolute atomic E-state index is 6.34. The van der Waals surface area contributed by atoms with Gasteiger partial charge in [0.2, 0.25) is 0 Å². The van der Waals surface area contributed by atoms with Crippen molar-refractivity contribution in [3.05, 3.63) is 33.8 Å². The Kier molecular flexibility index (Phi) is 4.91. The van der Waals surface area contributed by atoms with E-state index in [1.807, 2.05) is 18.2 Å². The van der Waals surface area contributed by atoms with Crippen molar-refractivity contribution in [2.75, 3.05) is 26.7 Å². The quantitative estimate of drug-likeness (QED) is 0.910. The standard InChI is InChI=1S/C14H20Cl2N2/c1-3-17-9-10-7-8-18(2)14(10)13-11(15)5-4-6-12(13)16/h4-6,10,14,17H,3,7-9H2,1-2H3. The van der Waals surface area contributed by atoms with E-state index in [4.69, 9.17) is 23.2 Å². The first kappa shape index (κ1) is 14.1. The Bertz CT molecular complexity index is 389. The summed E-state index contributed by atoms with van der Waals surface area (Å²) in [5.74, 6) is 0.576. The molecule has 4 heteroatoms. The highest BCUT2D eigenvalue weighted by atomic mass is 35.5. The molecule has 0 amide bonds. The molecular formula is C14H20Cl2N2. The number of hydrogen-bond acceptors (Lipinski definition) is 2. The van der Waals surface area contributed by atoms with Crippen LogP contribution in [0, 0.1) is 5.92 Å². The summed E-state index contributed by atoms with van der Waals surface area (Å²) >= 11 is 12.7. The van der Waals surface area contributed by atoms with Crippen LogP contribution in [0.1, 0.15) is 24.9 Å². The number of nitrogens with zero attached hydrogens (tertiary/aromatic N) is 1. The Morgan fingerprint density at radius 2 is 2.00 bits per heavy atom. The highest BCUT2D eigenvalue weighted by molar-refractivity contribution is 6.36. The smallest absolute Gasteiger partial charge is 0.0468 e. The predicted octanol–water partition coefficient (Wildman–Crippen LogP) is 3.60. The topological polar surface area (TPSA) is 15.3 Å². The molecule has 1 heterocycles. The van der Waals surface area contributed by atoms with E-state index in [0.717, 1.165) is 35.2 Å². The van der Waals surface area contributed by atoms with Crippen LogP contribution in [0.2, 0.25) is 10.0 Å². The van der Waals surface area contributed by atoms with Gasteiger partial charge in [0.25, 0.3) is 0 Å². The monoisotopic (exact) mass is 286 g/mol. The summed E-state index contributed by atoms with van der Waals surface area (Å²) in [5.41, 5.74) is 1.09. The number of rotatable bonds is 4. The second-order valence-electron chi connectivity index (χ2n) is 4.92. The Hall–Kier alpha value is -0.280. The van der Waals surface area contributed by atoms with Gasteiger partial charge in [0, 0.05) is 21.7 Å². The molecule has 0 radical (unpaired) electrons. The third-order valence-electron chi connectivity index (χ3n) is 3.73. The highest BCUT2D eigenvalue weighted by Crippen LogP contribution is 2.42. The van der Waals surface area contributed by atoms with E-state index in [1.165, 1.54) is 6.42 Å². The van der Waals surface area contributed by atoms with Crippen molar-refractivity contribution >= 4 is 23.2 Å². The molecule has 0 bridgehead atoms. The fourth-order valence-corrected chi connectivity index (χ4v) is 3.44. The lowest BCUT2D eigenvalue weighted by molar-refractivity contribution is 0.273. The van der Waals surface area contributed by atoms with Crippen LogP contribution in [0.5, 0.6) is 0 Å². The summed E-state index contributed by atoms with van der Waals surface area (Å²) in [6.07, 6.45) is 1.19. The molecule has 0 saturated carbocycles. The van der Waals surface area contributed by atoms with Crippen LogP contribution in [0.25, 0.3) is 0 Å². The van der Waals surface area contributed by atoms with Gasteiger partial charge in [0.05, 0.1) is 0 Å². The van der Waals surface area contributed by atoms with Gasteiger partial charge in [-0.2, -0.15) is 0 Å². The second kappa shape index (κ2) is 6.25. The second-order valence-corrected chi connectivity index (χ2v) is 5.73. The van der Waals surface area contributed by atoms with Crippen LogP contribution in [-0.2, 0) is 0 Å². The third-order valence-corrected chi connectivity index (χ3v) is 4.39. The first-order valence-electron chi connectivity index (χ1n) is 6.50. The molecule has 1 N–H and O–H groups in total. The van der Waals surface area contributed by atoms with Gasteiger partial charge in [-0.15, -0.1) is 0 Å². The van der Waals surface area contributed by atoms with E-state index in [-0.39, 0.29) is 0 Å². The van der Waals surface area contributed by atoms with Crippen LogP contribution < -0.4 is 5.32 Å². The third kappa shape index (κ3) is 2.83. The Morgan fingerprint density at radius 1 is 1.33 bits per heavy atom. The first-order chi connectivity index (χ1) is 8.65. The van der Waals surface area contributed by atoms with E-state index in [0.29, 0.717) is 12.0 Å². The molecule has 1 aromatic rings. The molecule has 0 aromatic heterocycles. The average Bonchev–Trinajstić information content (AvgIpc) is 2.69. The molecule has 1 saturated heterocycles. The molecule has 2 atom stereocenters. The molecule has 1 aliphatic rings. The van der Waals surface area contributed by atoms with Gasteiger partial charge in [0.15, 0.2) is 0 Å². The van der Waals surface area contributed by atoms with Gasteiger partial charge < -0.3 is 5.32 Å². The van der Waals surface area contributed by atoms with Gasteiger partial charge in [-0.05, 0) is 51.2 Å². The number of halogens is 2. The van der Waals surface area contributed by atoms with E-state index < -0.39 is 0 Å². The minimum absolute atomic E-state index is 0.324. The van der Waals surface area contributed by atoms with Gasteiger partial charge >= 0.3 is 0 Å². The van der Waals surface area contributed by atoms with Crippen LogP contribution in [0.4, 0.5) is 0 Å². The lowest BCUT2D eigenvalue weighted by atomic mass is 9.93. The molecule has 18 heavy (non-hydrogen) atoms. The number of nitrogens with one attached hydrogen (secondary N) is 1. The molecule has 2 unspecified atom stereocenters. The maximum Gasteiger partial charge on any atom is 0.0468 e. The summed E-state index contributed by atoms with van der Waals surface area (Å²) < 4.78 is 0. The van der Waals surface area contributed by atoms with Crippen LogP contribution in [0.3, 0.4) is 0 Å². The number of likely N-dealkylation sites (tertiary alicyclic amines) is 1. The normalized spacial score (nSPS) is 24.7. The molecular weight excluding hydrogens is 267 g/mol. The SMILES string of the molecule is CCNCC1CCN(C)C1c1c(Cl)cccc1Cl. The van der Waals surface area contributed by atoms with E-state index >= 15 is 0 Å². The van der Waals surface area contributed by atoms with Crippen LogP contribution >= 0.6 is 23.2 Å². The maximum atomic E-state index is 6.34. The fourth-order valence-electron chi connectivity index (χ4n) is 2.82. The predicted molar refractivity (Wildman–Crippen MR) is 78.5 cm³/mol. The van der Waals surface area contributed by atoms with Crippen LogP contribution in [0.15, 0.2) is 18.2 Å². The average molecular weight is 287 g/mol.